The molecule has 9 nitrogen and oxygen atoms in total. The van der Waals surface area contributed by atoms with Gasteiger partial charge in [-0.3, -0.25) is 9.59 Å². The van der Waals surface area contributed by atoms with Crippen LogP contribution < -0.4 is 10.6 Å². The van der Waals surface area contributed by atoms with Gasteiger partial charge in [0, 0.05) is 12.0 Å². The number of nitrogens with one attached hydrogen (secondary N) is 3. The van der Waals surface area contributed by atoms with Crippen molar-refractivity contribution in [3.05, 3.63) is 34.9 Å². The van der Waals surface area contributed by atoms with E-state index < -0.39 is 11.9 Å². The maximum absolute atomic E-state index is 12.9. The number of hydrogen-bond acceptors (Lipinski definition) is 6. The lowest BCUT2D eigenvalue weighted by atomic mass is 10.0. The highest BCUT2D eigenvalue weighted by atomic mass is 35.5. The summed E-state index contributed by atoms with van der Waals surface area (Å²) in [5, 5.41) is 20.3. The molecule has 0 spiro atoms. The molecule has 1 saturated carbocycles. The lowest BCUT2D eigenvalue weighted by molar-refractivity contribution is -0.124. The number of unbranched alkanes of at least 4 members (excludes halogenated alkanes) is 1. The molecule has 0 bridgehead atoms. The summed E-state index contributed by atoms with van der Waals surface area (Å²) < 4.78 is 0. The summed E-state index contributed by atoms with van der Waals surface area (Å²) in [4.78, 5) is 29.4. The zero-order valence-electron chi connectivity index (χ0n) is 15.7. The summed E-state index contributed by atoms with van der Waals surface area (Å²) in [6, 6.07) is 4.10. The minimum Gasteiger partial charge on any atom is -0.351 e. The molecule has 10 heteroatoms. The highest BCUT2D eigenvalue weighted by Crippen LogP contribution is 2.32. The van der Waals surface area contributed by atoms with Crippen molar-refractivity contribution < 1.29 is 9.59 Å². The number of carbonyl (C=O) groups excluding carboxylic acids is 2. The van der Waals surface area contributed by atoms with Gasteiger partial charge in [0.05, 0.1) is 0 Å². The van der Waals surface area contributed by atoms with Crippen LogP contribution in [0.15, 0.2) is 18.2 Å². The van der Waals surface area contributed by atoms with Crippen LogP contribution in [0.3, 0.4) is 0 Å². The predicted octanol–water partition coefficient (Wildman–Crippen LogP) is 1.99. The van der Waals surface area contributed by atoms with Gasteiger partial charge in [-0.1, -0.05) is 49.1 Å². The normalized spacial score (nSPS) is 19.9. The zero-order chi connectivity index (χ0) is 19.9. The molecule has 0 unspecified atom stereocenters. The number of H-pyrrole nitrogens is 1. The minimum absolute atomic E-state index is 0.0276. The lowest BCUT2D eigenvalue weighted by Gasteiger charge is -2.23. The first-order chi connectivity index (χ1) is 13.6. The third-order valence-electron chi connectivity index (χ3n) is 4.95. The molecule has 0 saturated heterocycles. The van der Waals surface area contributed by atoms with Gasteiger partial charge in [0.2, 0.25) is 5.91 Å². The van der Waals surface area contributed by atoms with Gasteiger partial charge >= 0.3 is 0 Å². The van der Waals surface area contributed by atoms with Crippen LogP contribution in [0, 0.1) is 0 Å². The van der Waals surface area contributed by atoms with E-state index in [9.17, 15) is 9.59 Å². The topological polar surface area (TPSA) is 126 Å². The van der Waals surface area contributed by atoms with Crippen molar-refractivity contribution in [2.24, 2.45) is 0 Å². The maximum Gasteiger partial charge on any atom is 0.270 e. The molecule has 1 aliphatic carbocycles. The molecule has 28 heavy (non-hydrogen) atoms. The molecule has 1 aliphatic rings. The van der Waals surface area contributed by atoms with Gasteiger partial charge in [-0.25, -0.2) is 4.98 Å². The van der Waals surface area contributed by atoms with E-state index >= 15 is 0 Å². The average molecular weight is 406 g/mol. The van der Waals surface area contributed by atoms with Gasteiger partial charge in [0.1, 0.15) is 16.9 Å². The molecule has 3 N–H and O–H groups in total. The van der Waals surface area contributed by atoms with Crippen molar-refractivity contribution in [3.8, 4) is 0 Å². The molecule has 1 fully saturated rings. The fraction of sp³-hybridized carbons (Fsp3) is 0.556. The number of rotatable bonds is 8. The van der Waals surface area contributed by atoms with Crippen LogP contribution in [0.1, 0.15) is 67.7 Å². The van der Waals surface area contributed by atoms with Crippen LogP contribution in [-0.4, -0.2) is 49.5 Å². The largest absolute Gasteiger partial charge is 0.351 e. The van der Waals surface area contributed by atoms with Gasteiger partial charge in [-0.15, -0.1) is 10.2 Å². The van der Waals surface area contributed by atoms with Crippen molar-refractivity contribution >= 4 is 23.4 Å². The number of pyridine rings is 1. The highest BCUT2D eigenvalue weighted by Gasteiger charge is 2.34. The van der Waals surface area contributed by atoms with Crippen LogP contribution in [-0.2, 0) is 4.79 Å². The molecule has 2 aromatic heterocycles. The van der Waals surface area contributed by atoms with Crippen LogP contribution in [0.4, 0.5) is 0 Å². The molecular weight excluding hydrogens is 382 g/mol. The van der Waals surface area contributed by atoms with Gasteiger partial charge in [0.15, 0.2) is 5.82 Å². The number of aromatic nitrogens is 5. The molecule has 3 rings (SSSR count). The van der Waals surface area contributed by atoms with Crippen LogP contribution >= 0.6 is 11.6 Å². The summed E-state index contributed by atoms with van der Waals surface area (Å²) in [5.41, 5.74) is 0.187. The summed E-state index contributed by atoms with van der Waals surface area (Å²) in [5.74, 6) is 0.0176. The second-order valence-electron chi connectivity index (χ2n) is 6.94. The molecule has 150 valence electrons. The molecule has 2 amide bonds. The Hall–Kier alpha value is -2.55. The van der Waals surface area contributed by atoms with Crippen molar-refractivity contribution in [3.63, 3.8) is 0 Å². The third-order valence-corrected chi connectivity index (χ3v) is 5.16. The first-order valence-electron chi connectivity index (χ1n) is 9.55. The number of aromatic amines is 1. The van der Waals surface area contributed by atoms with E-state index in [1.165, 1.54) is 0 Å². The quantitative estimate of drug-likeness (QED) is 0.576. The Kier molecular flexibility index (Phi) is 6.91. The fourth-order valence-corrected chi connectivity index (χ4v) is 3.66. The monoisotopic (exact) mass is 405 g/mol. The standard InChI is InChI=1S/C18H24ClN7O2/c1-2-3-7-14(22-17(27)13-9-5-10-15(19)20-13)18(28)21-12-8-4-6-11(12)16-23-25-26-24-16/h5,9-12,14H,2-4,6-8H2,1H3,(H,21,28)(H,22,27)(H,23,24,25,26)/t11-,12+,14+/m1/s1. The van der Waals surface area contributed by atoms with Crippen molar-refractivity contribution in [2.75, 3.05) is 0 Å². The summed E-state index contributed by atoms with van der Waals surface area (Å²) >= 11 is 5.86. The number of amides is 2. The fourth-order valence-electron chi connectivity index (χ4n) is 3.50. The number of halogens is 1. The molecular formula is C18H24ClN7O2. The molecule has 0 aromatic carbocycles. The van der Waals surface area contributed by atoms with Crippen molar-refractivity contribution in [1.29, 1.82) is 0 Å². The number of carbonyl (C=O) groups is 2. The van der Waals surface area contributed by atoms with E-state index in [0.717, 1.165) is 32.1 Å². The van der Waals surface area contributed by atoms with E-state index in [0.29, 0.717) is 12.2 Å². The Balaban J connectivity index is 1.66. The second-order valence-corrected chi connectivity index (χ2v) is 7.32. The van der Waals surface area contributed by atoms with E-state index in [2.05, 4.69) is 36.2 Å². The van der Waals surface area contributed by atoms with Gasteiger partial charge in [-0.05, 0) is 31.4 Å². The Bertz CT molecular complexity index is 799. The zero-order valence-corrected chi connectivity index (χ0v) is 16.4. The second kappa shape index (κ2) is 9.59. The number of tetrazole rings is 1. The lowest BCUT2D eigenvalue weighted by Crippen LogP contribution is -2.50. The molecule has 2 aromatic rings. The summed E-state index contributed by atoms with van der Waals surface area (Å²) in [6.07, 6.45) is 5.00. The van der Waals surface area contributed by atoms with E-state index in [1.54, 1.807) is 18.2 Å². The minimum atomic E-state index is -0.639. The Morgan fingerprint density at radius 3 is 2.93 bits per heavy atom. The van der Waals surface area contributed by atoms with Crippen molar-refractivity contribution in [1.82, 2.24) is 36.2 Å². The highest BCUT2D eigenvalue weighted by molar-refractivity contribution is 6.29. The predicted molar refractivity (Wildman–Crippen MR) is 103 cm³/mol. The molecule has 0 radical (unpaired) electrons. The van der Waals surface area contributed by atoms with Gasteiger partial charge in [0.25, 0.3) is 5.91 Å². The van der Waals surface area contributed by atoms with E-state index in [4.69, 9.17) is 11.6 Å². The summed E-state index contributed by atoms with van der Waals surface area (Å²) in [7, 11) is 0. The first-order valence-corrected chi connectivity index (χ1v) is 9.93. The van der Waals surface area contributed by atoms with Gasteiger partial charge < -0.3 is 10.6 Å². The van der Waals surface area contributed by atoms with Crippen molar-refractivity contribution in [2.45, 2.75) is 63.5 Å². The average Bonchev–Trinajstić information content (AvgIpc) is 3.36. The SMILES string of the molecule is CCCC[C@H](NC(=O)c1cccc(Cl)n1)C(=O)N[C@H]1CCC[C@H]1c1nn[nH]n1. The Labute approximate surface area is 168 Å². The molecule has 0 aliphatic heterocycles. The van der Waals surface area contributed by atoms with E-state index in [1.807, 2.05) is 6.92 Å². The third kappa shape index (κ3) is 5.03. The molecule has 2 heterocycles. The molecule has 3 atom stereocenters. The first kappa shape index (κ1) is 20.2. The number of nitrogens with zero attached hydrogens (tertiary/aromatic N) is 4. The van der Waals surface area contributed by atoms with Crippen LogP contribution in [0.25, 0.3) is 0 Å². The smallest absolute Gasteiger partial charge is 0.270 e. The van der Waals surface area contributed by atoms with E-state index in [-0.39, 0.29) is 28.7 Å². The van der Waals surface area contributed by atoms with Gasteiger partial charge in [-0.2, -0.15) is 5.21 Å². The summed E-state index contributed by atoms with van der Waals surface area (Å²) in [6.45, 7) is 2.04. The number of hydrogen-bond donors (Lipinski definition) is 3. The Morgan fingerprint density at radius 2 is 2.21 bits per heavy atom. The maximum atomic E-state index is 12.9. The van der Waals surface area contributed by atoms with Crippen LogP contribution in [0.2, 0.25) is 5.15 Å². The Morgan fingerprint density at radius 1 is 1.36 bits per heavy atom. The van der Waals surface area contributed by atoms with Crippen LogP contribution in [0.5, 0.6) is 0 Å².